The number of rotatable bonds is 4. The van der Waals surface area contributed by atoms with E-state index < -0.39 is 5.91 Å². The number of amides is 1. The van der Waals surface area contributed by atoms with Gasteiger partial charge in [-0.25, -0.2) is 4.68 Å². The van der Waals surface area contributed by atoms with Gasteiger partial charge in [0.25, 0.3) is 5.91 Å². The molecule has 1 aliphatic rings. The first-order chi connectivity index (χ1) is 12.6. The maximum atomic E-state index is 11.6. The summed E-state index contributed by atoms with van der Waals surface area (Å²) in [7, 11) is 0. The lowest BCUT2D eigenvalue weighted by molar-refractivity contribution is 0.100. The molecule has 3 N–H and O–H groups in total. The normalized spacial score (nSPS) is 20.3. The zero-order valence-electron chi connectivity index (χ0n) is 15.0. The summed E-state index contributed by atoms with van der Waals surface area (Å²) in [5.41, 5.74) is 9.15. The van der Waals surface area contributed by atoms with E-state index in [1.165, 1.54) is 18.4 Å². The molecular formula is C21H24N4O. The summed E-state index contributed by atoms with van der Waals surface area (Å²) in [6.07, 6.45) is 5.51. The summed E-state index contributed by atoms with van der Waals surface area (Å²) in [4.78, 5) is 11.6. The molecule has 0 saturated carbocycles. The minimum Gasteiger partial charge on any atom is -0.366 e. The van der Waals surface area contributed by atoms with Gasteiger partial charge in [-0.1, -0.05) is 31.2 Å². The first-order valence-corrected chi connectivity index (χ1v) is 9.23. The van der Waals surface area contributed by atoms with Crippen molar-refractivity contribution in [1.82, 2.24) is 15.1 Å². The van der Waals surface area contributed by atoms with E-state index in [0.717, 1.165) is 30.6 Å². The second-order valence-corrected chi connectivity index (χ2v) is 7.14. The zero-order chi connectivity index (χ0) is 18.1. The maximum Gasteiger partial charge on any atom is 0.250 e. The van der Waals surface area contributed by atoms with E-state index in [9.17, 15) is 4.79 Å². The molecule has 1 aromatic heterocycles. The molecule has 26 heavy (non-hydrogen) atoms. The summed E-state index contributed by atoms with van der Waals surface area (Å²) in [5.74, 6) is -0.453. The Morgan fingerprint density at radius 3 is 2.73 bits per heavy atom. The number of nitrogens with one attached hydrogen (secondary N) is 1. The molecule has 0 spiro atoms. The number of piperidine rings is 1. The van der Waals surface area contributed by atoms with Crippen LogP contribution >= 0.6 is 0 Å². The number of fused-ring (bicyclic) bond motifs is 1. The Morgan fingerprint density at radius 1 is 1.27 bits per heavy atom. The van der Waals surface area contributed by atoms with Crippen molar-refractivity contribution in [3.05, 3.63) is 59.8 Å². The molecule has 1 aliphatic heterocycles. The molecule has 0 unspecified atom stereocenters. The van der Waals surface area contributed by atoms with Gasteiger partial charge in [0, 0.05) is 23.5 Å². The fourth-order valence-electron chi connectivity index (χ4n) is 4.06. The Kier molecular flexibility index (Phi) is 4.24. The Hall–Kier alpha value is -2.66. The van der Waals surface area contributed by atoms with Crippen molar-refractivity contribution in [1.29, 1.82) is 0 Å². The maximum absolute atomic E-state index is 11.6. The van der Waals surface area contributed by atoms with Gasteiger partial charge in [0.15, 0.2) is 0 Å². The van der Waals surface area contributed by atoms with Crippen LogP contribution in [0.15, 0.2) is 48.7 Å². The fourth-order valence-corrected chi connectivity index (χ4v) is 4.06. The third-order valence-corrected chi connectivity index (χ3v) is 5.70. The highest BCUT2D eigenvalue weighted by Gasteiger charge is 2.31. The molecule has 0 radical (unpaired) electrons. The predicted octanol–water partition coefficient (Wildman–Crippen LogP) is 3.16. The largest absolute Gasteiger partial charge is 0.366 e. The van der Waals surface area contributed by atoms with Gasteiger partial charge in [0.1, 0.15) is 5.52 Å². The van der Waals surface area contributed by atoms with Crippen LogP contribution in [0, 0.1) is 0 Å². The second-order valence-electron chi connectivity index (χ2n) is 7.14. The zero-order valence-corrected chi connectivity index (χ0v) is 15.0. The predicted molar refractivity (Wildman–Crippen MR) is 104 cm³/mol. The number of aromatic nitrogens is 2. The number of primary amides is 1. The van der Waals surface area contributed by atoms with E-state index in [2.05, 4.69) is 41.6 Å². The molecule has 5 nitrogen and oxygen atoms in total. The van der Waals surface area contributed by atoms with Crippen molar-refractivity contribution in [2.45, 2.75) is 31.6 Å². The number of benzene rings is 2. The van der Waals surface area contributed by atoms with Crippen LogP contribution in [0.1, 0.15) is 42.1 Å². The van der Waals surface area contributed by atoms with Crippen molar-refractivity contribution in [2.75, 3.05) is 13.1 Å². The van der Waals surface area contributed by atoms with Crippen molar-refractivity contribution in [3.8, 4) is 5.69 Å². The molecule has 0 bridgehead atoms. The quantitative estimate of drug-likeness (QED) is 0.761. The Morgan fingerprint density at radius 2 is 2.08 bits per heavy atom. The van der Waals surface area contributed by atoms with Crippen molar-refractivity contribution >= 4 is 16.8 Å². The van der Waals surface area contributed by atoms with Crippen LogP contribution in [0.4, 0.5) is 0 Å². The van der Waals surface area contributed by atoms with Gasteiger partial charge in [-0.15, -0.1) is 0 Å². The highest BCUT2D eigenvalue weighted by atomic mass is 16.1. The molecule has 5 heteroatoms. The van der Waals surface area contributed by atoms with Crippen molar-refractivity contribution in [2.24, 2.45) is 5.73 Å². The average molecular weight is 348 g/mol. The van der Waals surface area contributed by atoms with Crippen LogP contribution in [0.2, 0.25) is 0 Å². The van der Waals surface area contributed by atoms with Gasteiger partial charge in [0.2, 0.25) is 0 Å². The lowest BCUT2D eigenvalue weighted by Crippen LogP contribution is -2.42. The lowest BCUT2D eigenvalue weighted by atomic mass is 9.73. The lowest BCUT2D eigenvalue weighted by Gasteiger charge is -2.37. The molecule has 2 aromatic carbocycles. The molecule has 1 saturated heterocycles. The second kappa shape index (κ2) is 6.57. The fraction of sp³-hybridized carbons (Fsp3) is 0.333. The van der Waals surface area contributed by atoms with Crippen LogP contribution in [-0.4, -0.2) is 28.8 Å². The summed E-state index contributed by atoms with van der Waals surface area (Å²) < 4.78 is 1.82. The molecule has 1 atom stereocenters. The smallest absolute Gasteiger partial charge is 0.250 e. The summed E-state index contributed by atoms with van der Waals surface area (Å²) in [6, 6.07) is 14.1. The van der Waals surface area contributed by atoms with Gasteiger partial charge in [0.05, 0.1) is 11.3 Å². The molecule has 2 heterocycles. The Bertz CT molecular complexity index is 936. The third-order valence-electron chi connectivity index (χ3n) is 5.70. The van der Waals surface area contributed by atoms with Gasteiger partial charge >= 0.3 is 0 Å². The van der Waals surface area contributed by atoms with Crippen LogP contribution in [0.25, 0.3) is 16.6 Å². The Labute approximate surface area is 153 Å². The minimum absolute atomic E-state index is 0.227. The van der Waals surface area contributed by atoms with E-state index in [0.29, 0.717) is 11.1 Å². The van der Waals surface area contributed by atoms with E-state index in [-0.39, 0.29) is 5.41 Å². The number of carbonyl (C=O) groups is 1. The molecule has 1 fully saturated rings. The number of nitrogens with two attached hydrogens (primary N) is 1. The van der Waals surface area contributed by atoms with Crippen molar-refractivity contribution in [3.63, 3.8) is 0 Å². The minimum atomic E-state index is -0.453. The van der Waals surface area contributed by atoms with Crippen LogP contribution < -0.4 is 11.1 Å². The number of nitrogens with zero attached hydrogens (tertiary/aromatic N) is 2. The monoisotopic (exact) mass is 348 g/mol. The summed E-state index contributed by atoms with van der Waals surface area (Å²) in [6.45, 7) is 4.42. The SMILES string of the molecule is CC[C@@]1(c2ccc(-n3cc4cccc(C(N)=O)c4n3)cc2)CCCNC1. The first kappa shape index (κ1) is 16.8. The highest BCUT2D eigenvalue weighted by molar-refractivity contribution is 6.04. The van der Waals surface area contributed by atoms with Crippen LogP contribution in [0.5, 0.6) is 0 Å². The van der Waals surface area contributed by atoms with E-state index in [4.69, 9.17) is 5.73 Å². The van der Waals surface area contributed by atoms with E-state index in [1.807, 2.05) is 23.0 Å². The van der Waals surface area contributed by atoms with Gasteiger partial charge in [-0.2, -0.15) is 5.10 Å². The number of hydrogen-bond donors (Lipinski definition) is 2. The summed E-state index contributed by atoms with van der Waals surface area (Å²) >= 11 is 0. The highest BCUT2D eigenvalue weighted by Crippen LogP contribution is 2.34. The topological polar surface area (TPSA) is 72.9 Å². The molecule has 3 aromatic rings. The van der Waals surface area contributed by atoms with Crippen LogP contribution in [0.3, 0.4) is 0 Å². The molecule has 0 aliphatic carbocycles. The van der Waals surface area contributed by atoms with Gasteiger partial charge < -0.3 is 11.1 Å². The Balaban J connectivity index is 1.70. The van der Waals surface area contributed by atoms with Crippen LogP contribution in [-0.2, 0) is 5.41 Å². The summed E-state index contributed by atoms with van der Waals surface area (Å²) in [5, 5.41) is 9.04. The molecule has 4 rings (SSSR count). The number of hydrogen-bond acceptors (Lipinski definition) is 3. The van der Waals surface area contributed by atoms with E-state index in [1.54, 1.807) is 6.07 Å². The molecule has 134 valence electrons. The molecule has 1 amide bonds. The number of carbonyl (C=O) groups excluding carboxylic acids is 1. The van der Waals surface area contributed by atoms with Gasteiger partial charge in [-0.3, -0.25) is 4.79 Å². The average Bonchev–Trinajstić information content (AvgIpc) is 3.12. The third kappa shape index (κ3) is 2.78. The van der Waals surface area contributed by atoms with Crippen molar-refractivity contribution < 1.29 is 4.79 Å². The van der Waals surface area contributed by atoms with E-state index >= 15 is 0 Å². The molecular weight excluding hydrogens is 324 g/mol. The standard InChI is InChI=1S/C21H24N4O/c1-2-21(11-4-12-23-14-21)16-7-9-17(10-8-16)25-13-15-5-3-6-18(20(22)26)19(15)24-25/h3,5-10,13,23H,2,4,11-12,14H2,1H3,(H2,22,26)/t21-/m1/s1. The van der Waals surface area contributed by atoms with Gasteiger partial charge in [-0.05, 0) is 49.6 Å². The first-order valence-electron chi connectivity index (χ1n) is 9.23.